The summed E-state index contributed by atoms with van der Waals surface area (Å²) in [6, 6.07) is 10.2. The van der Waals surface area contributed by atoms with Crippen molar-refractivity contribution in [3.63, 3.8) is 0 Å². The van der Waals surface area contributed by atoms with Gasteiger partial charge in [-0.25, -0.2) is 12.7 Å². The Bertz CT molecular complexity index is 623. The van der Waals surface area contributed by atoms with Crippen molar-refractivity contribution in [1.82, 2.24) is 9.62 Å². The molecular weight excluding hydrogens is 324 g/mol. The normalized spacial score (nSPS) is 18.2. The van der Waals surface area contributed by atoms with Crippen LogP contribution in [0.1, 0.15) is 44.6 Å². The van der Waals surface area contributed by atoms with E-state index in [1.165, 1.54) is 9.87 Å². The molecule has 1 aliphatic heterocycles. The van der Waals surface area contributed by atoms with Crippen LogP contribution in [0, 0.1) is 5.92 Å². The summed E-state index contributed by atoms with van der Waals surface area (Å²) in [4.78, 5) is 12.4. The van der Waals surface area contributed by atoms with Gasteiger partial charge in [-0.15, -0.1) is 0 Å². The number of rotatable bonds is 7. The lowest BCUT2D eigenvalue weighted by molar-refractivity contribution is -0.126. The van der Waals surface area contributed by atoms with Gasteiger partial charge in [-0.05, 0) is 31.7 Å². The molecule has 0 unspecified atom stereocenters. The van der Waals surface area contributed by atoms with Gasteiger partial charge < -0.3 is 5.32 Å². The van der Waals surface area contributed by atoms with Gasteiger partial charge >= 0.3 is 0 Å². The monoisotopic (exact) mass is 352 g/mol. The summed E-state index contributed by atoms with van der Waals surface area (Å²) in [6.07, 6.45) is 2.18. The smallest absolute Gasteiger partial charge is 0.223 e. The van der Waals surface area contributed by atoms with Gasteiger partial charge in [0.05, 0.1) is 5.75 Å². The van der Waals surface area contributed by atoms with Crippen LogP contribution < -0.4 is 5.32 Å². The number of amides is 1. The highest BCUT2D eigenvalue weighted by atomic mass is 32.2. The van der Waals surface area contributed by atoms with E-state index in [0.29, 0.717) is 38.4 Å². The number of sulfonamides is 1. The molecule has 1 heterocycles. The largest absolute Gasteiger partial charge is 0.355 e. The van der Waals surface area contributed by atoms with Gasteiger partial charge in [0.1, 0.15) is 0 Å². The molecule has 0 bridgehead atoms. The highest BCUT2D eigenvalue weighted by Crippen LogP contribution is 2.21. The molecule has 0 radical (unpaired) electrons. The molecule has 1 aromatic carbocycles. The molecule has 1 atom stereocenters. The number of carbonyl (C=O) groups excluding carboxylic acids is 1. The summed E-state index contributed by atoms with van der Waals surface area (Å²) in [5.41, 5.74) is 1.24. The molecule has 1 saturated heterocycles. The van der Waals surface area contributed by atoms with E-state index in [9.17, 15) is 13.2 Å². The van der Waals surface area contributed by atoms with Crippen LogP contribution in [0.2, 0.25) is 0 Å². The SMILES string of the molecule is CC[C@H](CNC(=O)C1CCN(S(=O)(=O)CC)CC1)c1ccccc1. The fraction of sp³-hybridized carbons (Fsp3) is 0.611. The Morgan fingerprint density at radius 1 is 1.21 bits per heavy atom. The Morgan fingerprint density at radius 2 is 1.83 bits per heavy atom. The van der Waals surface area contributed by atoms with Crippen LogP contribution >= 0.6 is 0 Å². The summed E-state index contributed by atoms with van der Waals surface area (Å²) in [5, 5.41) is 3.06. The van der Waals surface area contributed by atoms with Gasteiger partial charge in [-0.3, -0.25) is 4.79 Å². The van der Waals surface area contributed by atoms with Gasteiger partial charge in [-0.2, -0.15) is 0 Å². The van der Waals surface area contributed by atoms with E-state index in [4.69, 9.17) is 0 Å². The Hall–Kier alpha value is -1.40. The third-order valence-electron chi connectivity index (χ3n) is 4.87. The van der Waals surface area contributed by atoms with Crippen LogP contribution in [0.15, 0.2) is 30.3 Å². The molecule has 24 heavy (non-hydrogen) atoms. The molecule has 1 N–H and O–H groups in total. The lowest BCUT2D eigenvalue weighted by Gasteiger charge is -2.30. The first-order chi connectivity index (χ1) is 11.5. The standard InChI is InChI=1S/C18H28N2O3S/c1-3-15(16-8-6-5-7-9-16)14-19-18(21)17-10-12-20(13-11-17)24(22,23)4-2/h5-9,15,17H,3-4,10-14H2,1-2H3,(H,19,21)/t15-/m1/s1. The van der Waals surface area contributed by atoms with E-state index >= 15 is 0 Å². The lowest BCUT2D eigenvalue weighted by atomic mass is 9.94. The van der Waals surface area contributed by atoms with Crippen LogP contribution in [0.4, 0.5) is 0 Å². The van der Waals surface area contributed by atoms with Crippen molar-refractivity contribution in [1.29, 1.82) is 0 Å². The van der Waals surface area contributed by atoms with Crippen LogP contribution in [0.25, 0.3) is 0 Å². The first-order valence-corrected chi connectivity index (χ1v) is 10.4. The molecule has 0 aromatic heterocycles. The minimum atomic E-state index is -3.13. The number of hydrogen-bond acceptors (Lipinski definition) is 3. The third-order valence-corrected chi connectivity index (χ3v) is 6.75. The second-order valence-corrected chi connectivity index (χ2v) is 8.59. The first kappa shape index (κ1) is 18.9. The third kappa shape index (κ3) is 4.80. The predicted octanol–water partition coefficient (Wildman–Crippen LogP) is 2.36. The van der Waals surface area contributed by atoms with Crippen molar-refractivity contribution in [2.45, 2.75) is 39.0 Å². The number of nitrogens with one attached hydrogen (secondary N) is 1. The lowest BCUT2D eigenvalue weighted by Crippen LogP contribution is -2.44. The Kier molecular flexibility index (Phi) is 6.80. The minimum Gasteiger partial charge on any atom is -0.355 e. The van der Waals surface area contributed by atoms with Crippen LogP contribution in [0.5, 0.6) is 0 Å². The molecule has 1 amide bonds. The average Bonchev–Trinajstić information content (AvgIpc) is 2.63. The zero-order chi connectivity index (χ0) is 17.6. The molecule has 1 fully saturated rings. The summed E-state index contributed by atoms with van der Waals surface area (Å²) in [7, 11) is -3.13. The van der Waals surface area contributed by atoms with Crippen molar-refractivity contribution in [3.05, 3.63) is 35.9 Å². The average molecular weight is 353 g/mol. The van der Waals surface area contributed by atoms with E-state index in [1.54, 1.807) is 6.92 Å². The number of piperidine rings is 1. The quantitative estimate of drug-likeness (QED) is 0.819. The summed E-state index contributed by atoms with van der Waals surface area (Å²) >= 11 is 0. The Labute approximate surface area is 145 Å². The molecule has 5 nitrogen and oxygen atoms in total. The second-order valence-electron chi connectivity index (χ2n) is 6.33. The topological polar surface area (TPSA) is 66.5 Å². The van der Waals surface area contributed by atoms with Crippen molar-refractivity contribution in [2.75, 3.05) is 25.4 Å². The molecule has 6 heteroatoms. The zero-order valence-electron chi connectivity index (χ0n) is 14.6. The molecule has 0 saturated carbocycles. The number of benzene rings is 1. The van der Waals surface area contributed by atoms with Gasteiger partial charge in [0.2, 0.25) is 15.9 Å². The molecule has 1 aromatic rings. The fourth-order valence-corrected chi connectivity index (χ4v) is 4.30. The van der Waals surface area contributed by atoms with Crippen molar-refractivity contribution < 1.29 is 13.2 Å². The van der Waals surface area contributed by atoms with Crippen molar-refractivity contribution in [3.8, 4) is 0 Å². The summed E-state index contributed by atoms with van der Waals surface area (Å²) < 4.78 is 25.2. The molecule has 2 rings (SSSR count). The second kappa shape index (κ2) is 8.62. The predicted molar refractivity (Wildman–Crippen MR) is 96.2 cm³/mol. The van der Waals surface area contributed by atoms with E-state index in [-0.39, 0.29) is 17.6 Å². The minimum absolute atomic E-state index is 0.0536. The van der Waals surface area contributed by atoms with E-state index in [0.717, 1.165) is 6.42 Å². The van der Waals surface area contributed by atoms with E-state index in [1.807, 2.05) is 18.2 Å². The van der Waals surface area contributed by atoms with Crippen molar-refractivity contribution >= 4 is 15.9 Å². The van der Waals surface area contributed by atoms with E-state index < -0.39 is 10.0 Å². The number of hydrogen-bond donors (Lipinski definition) is 1. The molecule has 134 valence electrons. The van der Waals surface area contributed by atoms with Crippen molar-refractivity contribution in [2.24, 2.45) is 5.92 Å². The fourth-order valence-electron chi connectivity index (χ4n) is 3.17. The zero-order valence-corrected chi connectivity index (χ0v) is 15.4. The van der Waals surface area contributed by atoms with Gasteiger partial charge in [0.15, 0.2) is 0 Å². The van der Waals surface area contributed by atoms with Gasteiger partial charge in [0, 0.05) is 31.5 Å². The maximum absolute atomic E-state index is 12.4. The van der Waals surface area contributed by atoms with Gasteiger partial charge in [0.25, 0.3) is 0 Å². The summed E-state index contributed by atoms with van der Waals surface area (Å²) in [5.74, 6) is 0.411. The van der Waals surface area contributed by atoms with Gasteiger partial charge in [-0.1, -0.05) is 37.3 Å². The molecular formula is C18H28N2O3S. The highest BCUT2D eigenvalue weighted by molar-refractivity contribution is 7.89. The first-order valence-electron chi connectivity index (χ1n) is 8.78. The molecule has 0 aliphatic carbocycles. The highest BCUT2D eigenvalue weighted by Gasteiger charge is 2.30. The maximum atomic E-state index is 12.4. The Morgan fingerprint density at radius 3 is 2.38 bits per heavy atom. The Balaban J connectivity index is 1.83. The molecule has 1 aliphatic rings. The molecule has 0 spiro atoms. The van der Waals surface area contributed by atoms with Crippen LogP contribution in [0.3, 0.4) is 0 Å². The summed E-state index contributed by atoms with van der Waals surface area (Å²) in [6.45, 7) is 5.31. The maximum Gasteiger partial charge on any atom is 0.223 e. The number of carbonyl (C=O) groups is 1. The number of nitrogens with zero attached hydrogens (tertiary/aromatic N) is 1. The van der Waals surface area contributed by atoms with Crippen LogP contribution in [-0.2, 0) is 14.8 Å². The van der Waals surface area contributed by atoms with E-state index in [2.05, 4.69) is 24.4 Å². The van der Waals surface area contributed by atoms with Crippen LogP contribution in [-0.4, -0.2) is 44.0 Å².